The van der Waals surface area contributed by atoms with Gasteiger partial charge in [0, 0.05) is 23.8 Å². The van der Waals surface area contributed by atoms with Crippen molar-refractivity contribution in [3.05, 3.63) is 52.9 Å². The van der Waals surface area contributed by atoms with Crippen LogP contribution in [0.15, 0.2) is 52.0 Å². The van der Waals surface area contributed by atoms with E-state index in [1.165, 1.54) is 0 Å². The van der Waals surface area contributed by atoms with Crippen molar-refractivity contribution in [3.8, 4) is 23.0 Å². The highest BCUT2D eigenvalue weighted by atomic mass is 79.9. The van der Waals surface area contributed by atoms with Gasteiger partial charge in [-0.1, -0.05) is 22.0 Å². The van der Waals surface area contributed by atoms with Crippen molar-refractivity contribution in [1.29, 1.82) is 0 Å². The first-order valence-electron chi connectivity index (χ1n) is 9.59. The number of hydrogen-bond donors (Lipinski definition) is 0. The highest BCUT2D eigenvalue weighted by molar-refractivity contribution is 9.10. The molecule has 3 heterocycles. The molecule has 0 N–H and O–H groups in total. The smallest absolute Gasteiger partial charge is 0.266 e. The van der Waals surface area contributed by atoms with E-state index in [9.17, 15) is 0 Å². The molecule has 1 aliphatic rings. The van der Waals surface area contributed by atoms with Crippen molar-refractivity contribution in [1.82, 2.24) is 20.2 Å². The van der Waals surface area contributed by atoms with E-state index in [1.807, 2.05) is 12.1 Å². The van der Waals surface area contributed by atoms with Crippen molar-refractivity contribution < 1.29 is 9.15 Å². The lowest BCUT2D eigenvalue weighted by molar-refractivity contribution is -0.0334. The minimum atomic E-state index is -0.138. The summed E-state index contributed by atoms with van der Waals surface area (Å²) in [6.07, 6.45) is 5.18. The Morgan fingerprint density at radius 2 is 2.03 bits per heavy atom. The van der Waals surface area contributed by atoms with Crippen LogP contribution < -0.4 is 4.90 Å². The fourth-order valence-corrected chi connectivity index (χ4v) is 3.96. The van der Waals surface area contributed by atoms with Crippen LogP contribution in [0.2, 0.25) is 5.28 Å². The Morgan fingerprint density at radius 3 is 2.77 bits per heavy atom. The molecule has 0 radical (unpaired) electrons. The van der Waals surface area contributed by atoms with E-state index >= 15 is 0 Å². The lowest BCUT2D eigenvalue weighted by Gasteiger charge is -2.40. The zero-order valence-electron chi connectivity index (χ0n) is 16.5. The summed E-state index contributed by atoms with van der Waals surface area (Å²) < 4.78 is 12.9. The number of rotatable bonds is 6. The zero-order chi connectivity index (χ0) is 21.1. The lowest BCUT2D eigenvalue weighted by atomic mass is 9.92. The molecule has 0 amide bonds. The third-order valence-electron chi connectivity index (χ3n) is 5.17. The molecule has 0 saturated carbocycles. The number of piperidine rings is 1. The molecule has 2 aromatic heterocycles. The third-order valence-corrected chi connectivity index (χ3v) is 5.85. The molecule has 0 unspecified atom stereocenters. The monoisotopic (exact) mass is 489 g/mol. The second-order valence-corrected chi connectivity index (χ2v) is 8.58. The van der Waals surface area contributed by atoms with Crippen LogP contribution in [0.1, 0.15) is 19.8 Å². The summed E-state index contributed by atoms with van der Waals surface area (Å²) in [5, 5.41) is 8.52. The molecule has 1 saturated heterocycles. The van der Waals surface area contributed by atoms with Crippen LogP contribution in [0.5, 0.6) is 0 Å². The quantitative estimate of drug-likeness (QED) is 0.348. The number of ether oxygens (including phenoxy) is 1. The number of anilines is 1. The minimum Gasteiger partial charge on any atom is -0.415 e. The van der Waals surface area contributed by atoms with E-state index in [0.29, 0.717) is 24.1 Å². The lowest BCUT2D eigenvalue weighted by Crippen LogP contribution is -2.44. The van der Waals surface area contributed by atoms with Crippen LogP contribution in [0.4, 0.5) is 5.69 Å². The number of hydrogen-bond acceptors (Lipinski definition) is 7. The predicted octanol–water partition coefficient (Wildman–Crippen LogP) is 5.17. The normalized spacial score (nSPS) is 15.9. The summed E-state index contributed by atoms with van der Waals surface area (Å²) in [6, 6.07) is 7.70. The summed E-state index contributed by atoms with van der Waals surface area (Å²) in [5.41, 5.74) is 2.25. The number of aromatic nitrogens is 4. The van der Waals surface area contributed by atoms with Crippen LogP contribution in [0.3, 0.4) is 0 Å². The Morgan fingerprint density at radius 1 is 1.27 bits per heavy atom. The Bertz CT molecular complexity index is 1050. The van der Waals surface area contributed by atoms with Crippen molar-refractivity contribution in [3.63, 3.8) is 0 Å². The summed E-state index contributed by atoms with van der Waals surface area (Å²) in [4.78, 5) is 10.3. The number of benzene rings is 1. The Kier molecular flexibility index (Phi) is 6.17. The molecular weight excluding hydrogens is 470 g/mol. The van der Waals surface area contributed by atoms with Gasteiger partial charge in [-0.25, -0.2) is 9.97 Å². The topological polar surface area (TPSA) is 77.2 Å². The predicted molar refractivity (Wildman–Crippen MR) is 119 cm³/mol. The Hall–Kier alpha value is -2.29. The molecule has 0 spiro atoms. The molecule has 156 valence electrons. The summed E-state index contributed by atoms with van der Waals surface area (Å²) >= 11 is 9.46. The van der Waals surface area contributed by atoms with Gasteiger partial charge in [0.1, 0.15) is 5.69 Å². The van der Waals surface area contributed by atoms with Crippen molar-refractivity contribution in [2.75, 3.05) is 24.6 Å². The first-order valence-corrected chi connectivity index (χ1v) is 10.8. The average Bonchev–Trinajstić information content (AvgIpc) is 3.23. The summed E-state index contributed by atoms with van der Waals surface area (Å²) in [5.74, 6) is 0.727. The molecule has 1 fully saturated rings. The van der Waals surface area contributed by atoms with E-state index in [2.05, 4.69) is 60.6 Å². The second-order valence-electron chi connectivity index (χ2n) is 7.32. The fraction of sp³-hybridized carbons (Fsp3) is 0.333. The van der Waals surface area contributed by atoms with Gasteiger partial charge in [-0.3, -0.25) is 0 Å². The molecule has 9 heteroatoms. The standard InChI is InChI=1S/C21H21BrClN5O2/c1-3-12-29-21(2)7-10-28(11-8-21)17-13-14(22)4-5-15(17)18-26-27-19(30-18)16-6-9-24-20(23)25-16/h3-6,9,13H,1,7-8,10-12H2,2H3. The van der Waals surface area contributed by atoms with Gasteiger partial charge in [0.05, 0.1) is 23.5 Å². The molecule has 1 aliphatic heterocycles. The second kappa shape index (κ2) is 8.83. The third kappa shape index (κ3) is 4.55. The molecule has 7 nitrogen and oxygen atoms in total. The van der Waals surface area contributed by atoms with Gasteiger partial charge in [0.2, 0.25) is 11.2 Å². The minimum absolute atomic E-state index is 0.131. The van der Waals surface area contributed by atoms with Gasteiger partial charge in [-0.15, -0.1) is 16.8 Å². The van der Waals surface area contributed by atoms with E-state index in [1.54, 1.807) is 18.3 Å². The largest absolute Gasteiger partial charge is 0.415 e. The van der Waals surface area contributed by atoms with Crippen molar-refractivity contribution >= 4 is 33.2 Å². The number of nitrogens with zero attached hydrogens (tertiary/aromatic N) is 5. The van der Waals surface area contributed by atoms with Crippen LogP contribution in [0, 0.1) is 0 Å². The molecular formula is C21H21BrClN5O2. The zero-order valence-corrected chi connectivity index (χ0v) is 18.9. The van der Waals surface area contributed by atoms with Gasteiger partial charge in [0.25, 0.3) is 5.89 Å². The van der Waals surface area contributed by atoms with Crippen molar-refractivity contribution in [2.45, 2.75) is 25.4 Å². The van der Waals surface area contributed by atoms with E-state index in [-0.39, 0.29) is 10.9 Å². The summed E-state index contributed by atoms with van der Waals surface area (Å²) in [6.45, 7) is 8.19. The first kappa shape index (κ1) is 21.0. The van der Waals surface area contributed by atoms with Crippen LogP contribution in [-0.2, 0) is 4.74 Å². The molecule has 0 aliphatic carbocycles. The Balaban J connectivity index is 1.60. The van der Waals surface area contributed by atoms with Crippen LogP contribution in [-0.4, -0.2) is 45.5 Å². The van der Waals surface area contributed by atoms with Crippen LogP contribution >= 0.6 is 27.5 Å². The Labute approximate surface area is 188 Å². The molecule has 4 rings (SSSR count). The molecule has 1 aromatic carbocycles. The highest BCUT2D eigenvalue weighted by Crippen LogP contribution is 2.37. The van der Waals surface area contributed by atoms with Crippen LogP contribution in [0.25, 0.3) is 23.0 Å². The van der Waals surface area contributed by atoms with E-state index in [0.717, 1.165) is 41.7 Å². The van der Waals surface area contributed by atoms with Gasteiger partial charge < -0.3 is 14.1 Å². The van der Waals surface area contributed by atoms with Gasteiger partial charge in [-0.05, 0) is 55.6 Å². The van der Waals surface area contributed by atoms with E-state index in [4.69, 9.17) is 20.8 Å². The molecule has 3 aromatic rings. The van der Waals surface area contributed by atoms with Crippen molar-refractivity contribution in [2.24, 2.45) is 0 Å². The molecule has 0 bridgehead atoms. The summed E-state index contributed by atoms with van der Waals surface area (Å²) in [7, 11) is 0. The SMILES string of the molecule is C=CCOC1(C)CCN(c2cc(Br)ccc2-c2nnc(-c3ccnc(Cl)n3)o2)CC1. The highest BCUT2D eigenvalue weighted by Gasteiger charge is 2.32. The maximum Gasteiger partial charge on any atom is 0.266 e. The number of halogens is 2. The maximum absolute atomic E-state index is 5.99. The van der Waals surface area contributed by atoms with Gasteiger partial charge in [0.15, 0.2) is 0 Å². The maximum atomic E-state index is 5.99. The van der Waals surface area contributed by atoms with Gasteiger partial charge in [-0.2, -0.15) is 0 Å². The van der Waals surface area contributed by atoms with E-state index < -0.39 is 0 Å². The fourth-order valence-electron chi connectivity index (χ4n) is 3.46. The molecule has 0 atom stereocenters. The van der Waals surface area contributed by atoms with Gasteiger partial charge >= 0.3 is 0 Å². The first-order chi connectivity index (χ1) is 14.5. The molecule has 30 heavy (non-hydrogen) atoms. The average molecular weight is 491 g/mol.